The Morgan fingerprint density at radius 1 is 1.00 bits per heavy atom. The quantitative estimate of drug-likeness (QED) is 0.441. The van der Waals surface area contributed by atoms with Crippen molar-refractivity contribution in [2.75, 3.05) is 0 Å². The van der Waals surface area contributed by atoms with E-state index >= 15 is 0 Å². The molecule has 0 amide bonds. The van der Waals surface area contributed by atoms with Crippen molar-refractivity contribution in [1.82, 2.24) is 0 Å². The van der Waals surface area contributed by atoms with Crippen LogP contribution < -0.4 is 0 Å². The standard InChI is InChI=1S/Au.BH3.Fe.Nd/h;1H3;;. The molecule has 0 saturated heterocycles. The number of hydrogen-bond acceptors (Lipinski definition) is 0. The molecule has 0 fully saturated rings. The van der Waals surface area contributed by atoms with Crippen LogP contribution >= 0.6 is 0 Å². The Hall–Kier alpha value is 2.68. The Balaban J connectivity index is 0. The Morgan fingerprint density at radius 2 is 1.00 bits per heavy atom. The molecule has 1 radical (unpaired) electrons. The molecule has 0 aromatic rings. The summed E-state index contributed by atoms with van der Waals surface area (Å²) in [6.07, 6.45) is 0. The summed E-state index contributed by atoms with van der Waals surface area (Å²) in [6.45, 7) is 0. The second-order valence-corrected chi connectivity index (χ2v) is 0. The van der Waals surface area contributed by atoms with E-state index in [1.165, 1.54) is 0 Å². The van der Waals surface area contributed by atoms with Crippen LogP contribution in [0.25, 0.3) is 0 Å². The van der Waals surface area contributed by atoms with Crippen LogP contribution in [0.3, 0.4) is 0 Å². The van der Waals surface area contributed by atoms with Crippen molar-refractivity contribution < 1.29 is 80.3 Å². The van der Waals surface area contributed by atoms with Crippen LogP contribution in [-0.4, -0.2) is 8.41 Å². The minimum atomic E-state index is 0. The van der Waals surface area contributed by atoms with Gasteiger partial charge in [-0.1, -0.05) is 0 Å². The van der Waals surface area contributed by atoms with Crippen molar-refractivity contribution in [1.29, 1.82) is 0 Å². The smallest absolute Gasteiger partial charge is 0 e. The van der Waals surface area contributed by atoms with Crippen molar-refractivity contribution in [2.45, 2.75) is 0 Å². The summed E-state index contributed by atoms with van der Waals surface area (Å²) in [5.74, 6) is 0. The fourth-order valence-corrected chi connectivity index (χ4v) is 0. The van der Waals surface area contributed by atoms with Crippen LogP contribution in [0, 0.1) is 40.8 Å². The summed E-state index contributed by atoms with van der Waals surface area (Å²) in [5.41, 5.74) is 0. The molecule has 0 rings (SSSR count). The van der Waals surface area contributed by atoms with Crippen molar-refractivity contribution in [3.05, 3.63) is 0 Å². The largest absolute Gasteiger partial charge is 0.0814 e. The van der Waals surface area contributed by atoms with Crippen LogP contribution in [0.2, 0.25) is 0 Å². The molecule has 0 aromatic heterocycles. The van der Waals surface area contributed by atoms with Gasteiger partial charge in [-0.3, -0.25) is 0 Å². The summed E-state index contributed by atoms with van der Waals surface area (Å²) in [4.78, 5) is 0. The van der Waals surface area contributed by atoms with Gasteiger partial charge in [-0.05, 0) is 0 Å². The van der Waals surface area contributed by atoms with Gasteiger partial charge in [-0.15, -0.1) is 0 Å². The van der Waals surface area contributed by atoms with Crippen molar-refractivity contribution in [3.8, 4) is 0 Å². The normalized spacial score (nSPS) is 0. The van der Waals surface area contributed by atoms with E-state index in [0.717, 1.165) is 0 Å². The first-order valence-corrected chi connectivity index (χ1v) is 0. The SMILES string of the molecule is B.[Au].[Fe].[Nd]. The Morgan fingerprint density at radius 3 is 1.00 bits per heavy atom. The molecule has 0 unspecified atom stereocenters. The first-order chi connectivity index (χ1) is 0. The van der Waals surface area contributed by atoms with Gasteiger partial charge in [0.1, 0.15) is 0 Å². The van der Waals surface area contributed by atoms with E-state index in [2.05, 4.69) is 0 Å². The van der Waals surface area contributed by atoms with Gasteiger partial charge >= 0.3 is 0 Å². The molecule has 0 bridgehead atoms. The average Bonchev–Trinajstić information content (AvgIpc) is 0. The molecule has 4 heteroatoms. The minimum absolute atomic E-state index is 0. The monoisotopic (exact) mass is 409 g/mol. The van der Waals surface area contributed by atoms with Gasteiger partial charge in [0.15, 0.2) is 0 Å². The molecule has 0 aliphatic heterocycles. The molecule has 29 valence electrons. The molecule has 0 N–H and O–H groups in total. The molecule has 0 aliphatic rings. The van der Waals surface area contributed by atoms with Crippen molar-refractivity contribution >= 4 is 8.41 Å². The van der Waals surface area contributed by atoms with Gasteiger partial charge in [0.05, 0.1) is 8.41 Å². The van der Waals surface area contributed by atoms with E-state index in [-0.39, 0.29) is 88.7 Å². The zero-order valence-electron chi connectivity index (χ0n) is 1.16. The molecule has 0 spiro atoms. The van der Waals surface area contributed by atoms with Crippen LogP contribution in [0.15, 0.2) is 0 Å². The van der Waals surface area contributed by atoms with Gasteiger partial charge in [-0.2, -0.15) is 0 Å². The van der Waals surface area contributed by atoms with E-state index in [1.807, 2.05) is 0 Å². The minimum Gasteiger partial charge on any atom is 0 e. The molecular weight excluding hydrogens is 408 g/mol. The second kappa shape index (κ2) is 17.3. The van der Waals surface area contributed by atoms with Crippen LogP contribution in [0.1, 0.15) is 0 Å². The Bertz CT molecular complexity index is 8.00. The summed E-state index contributed by atoms with van der Waals surface area (Å²) >= 11 is 0. The molecule has 0 aromatic carbocycles. The molecular formula is H3AuBFeNd. The molecule has 0 heterocycles. The third kappa shape index (κ3) is 8.82. The molecule has 0 nitrogen and oxygen atoms in total. The van der Waals surface area contributed by atoms with Crippen LogP contribution in [0.4, 0.5) is 0 Å². The molecule has 0 aliphatic carbocycles. The fourth-order valence-electron chi connectivity index (χ4n) is 0. The predicted molar refractivity (Wildman–Crippen MR) is 9.94 cm³/mol. The maximum Gasteiger partial charge on any atom is 0.0814 e. The third-order valence-electron chi connectivity index (χ3n) is 0. The zero-order valence-corrected chi connectivity index (χ0v) is 7.63. The van der Waals surface area contributed by atoms with Gasteiger partial charge < -0.3 is 0 Å². The Kier molecular flexibility index (Phi) is 130. The summed E-state index contributed by atoms with van der Waals surface area (Å²) < 4.78 is 0. The summed E-state index contributed by atoms with van der Waals surface area (Å²) in [6, 6.07) is 0. The zero-order chi connectivity index (χ0) is 0. The van der Waals surface area contributed by atoms with Crippen molar-refractivity contribution in [3.63, 3.8) is 0 Å². The van der Waals surface area contributed by atoms with E-state index < -0.39 is 0 Å². The Labute approximate surface area is 86.9 Å². The number of hydrogen-bond donors (Lipinski definition) is 0. The average molecular weight is 411 g/mol. The predicted octanol–water partition coefficient (Wildman–Crippen LogP) is -1.19. The van der Waals surface area contributed by atoms with Crippen LogP contribution in [0.5, 0.6) is 0 Å². The van der Waals surface area contributed by atoms with E-state index in [1.54, 1.807) is 0 Å². The fraction of sp³-hybridized carbons (Fsp3) is 0. The topological polar surface area (TPSA) is 0 Å². The first kappa shape index (κ1) is 30.0. The van der Waals surface area contributed by atoms with Gasteiger partial charge in [-0.25, -0.2) is 0 Å². The van der Waals surface area contributed by atoms with E-state index in [4.69, 9.17) is 0 Å². The second-order valence-electron chi connectivity index (χ2n) is 0. The molecule has 4 heavy (non-hydrogen) atoms. The summed E-state index contributed by atoms with van der Waals surface area (Å²) in [5, 5.41) is 0. The van der Waals surface area contributed by atoms with E-state index in [0.29, 0.717) is 0 Å². The molecule has 0 saturated carbocycles. The number of rotatable bonds is 0. The van der Waals surface area contributed by atoms with E-state index in [9.17, 15) is 0 Å². The molecule has 0 atom stereocenters. The van der Waals surface area contributed by atoms with Gasteiger partial charge in [0.2, 0.25) is 0 Å². The van der Waals surface area contributed by atoms with Crippen molar-refractivity contribution in [2.24, 2.45) is 0 Å². The summed E-state index contributed by atoms with van der Waals surface area (Å²) in [7, 11) is 0. The maximum absolute atomic E-state index is 0. The third-order valence-corrected chi connectivity index (χ3v) is 0. The maximum atomic E-state index is 0. The first-order valence-electron chi connectivity index (χ1n) is 0. The van der Waals surface area contributed by atoms with Gasteiger partial charge in [0, 0.05) is 80.3 Å². The van der Waals surface area contributed by atoms with Gasteiger partial charge in [0.25, 0.3) is 0 Å². The van der Waals surface area contributed by atoms with Crippen LogP contribution in [-0.2, 0) is 39.4 Å².